The molecule has 0 amide bonds. The molecule has 0 radical (unpaired) electrons. The Morgan fingerprint density at radius 2 is 2.18 bits per heavy atom. The maximum atomic E-state index is 11.9. The van der Waals surface area contributed by atoms with Crippen LogP contribution in [0.25, 0.3) is 0 Å². The predicted molar refractivity (Wildman–Crippen MR) is 65.8 cm³/mol. The van der Waals surface area contributed by atoms with Gasteiger partial charge in [0, 0.05) is 19.0 Å². The number of H-pyrrole nitrogens is 1. The molecule has 2 aliphatic rings. The lowest BCUT2D eigenvalue weighted by Gasteiger charge is -2.26. The van der Waals surface area contributed by atoms with Gasteiger partial charge in [-0.25, -0.2) is 4.98 Å². The van der Waals surface area contributed by atoms with Crippen LogP contribution in [-0.4, -0.2) is 9.97 Å². The Hall–Kier alpha value is -1.16. The summed E-state index contributed by atoms with van der Waals surface area (Å²) < 4.78 is 0. The van der Waals surface area contributed by atoms with E-state index in [0.29, 0.717) is 12.5 Å². The summed E-state index contributed by atoms with van der Waals surface area (Å²) in [6.07, 6.45) is 4.90. The van der Waals surface area contributed by atoms with Crippen molar-refractivity contribution in [2.45, 2.75) is 51.6 Å². The maximum Gasteiger partial charge on any atom is 0.255 e. The Morgan fingerprint density at radius 1 is 1.29 bits per heavy atom. The molecule has 92 valence electrons. The highest BCUT2D eigenvalue weighted by molar-refractivity contribution is 5.22. The Kier molecular flexibility index (Phi) is 2.74. The lowest BCUT2D eigenvalue weighted by Crippen LogP contribution is -2.22. The summed E-state index contributed by atoms with van der Waals surface area (Å²) in [7, 11) is 0. The first kappa shape index (κ1) is 11.0. The van der Waals surface area contributed by atoms with E-state index in [1.165, 1.54) is 19.3 Å². The van der Waals surface area contributed by atoms with Crippen LogP contribution in [0.2, 0.25) is 0 Å². The molecule has 4 nitrogen and oxygen atoms in total. The number of nitrogens with zero attached hydrogens (tertiary/aromatic N) is 1. The molecule has 1 aromatic heterocycles. The highest BCUT2D eigenvalue weighted by atomic mass is 16.1. The summed E-state index contributed by atoms with van der Waals surface area (Å²) >= 11 is 0. The first-order valence-corrected chi connectivity index (χ1v) is 6.56. The largest absolute Gasteiger partial charge is 0.310 e. The summed E-state index contributed by atoms with van der Waals surface area (Å²) in [5.41, 5.74) is 1.85. The van der Waals surface area contributed by atoms with Crippen LogP contribution in [0.1, 0.15) is 55.6 Å². The summed E-state index contributed by atoms with van der Waals surface area (Å²) in [6.45, 7) is 3.70. The molecular formula is C13H19N3O. The molecule has 1 saturated carbocycles. The van der Waals surface area contributed by atoms with E-state index in [1.54, 1.807) is 0 Å². The third-order valence-corrected chi connectivity index (χ3v) is 4.04. The predicted octanol–water partition coefficient (Wildman–Crippen LogP) is 1.67. The Balaban J connectivity index is 1.93. The minimum Gasteiger partial charge on any atom is -0.310 e. The number of nitrogens with one attached hydrogen (secondary N) is 2. The zero-order valence-electron chi connectivity index (χ0n) is 10.3. The molecule has 1 aliphatic carbocycles. The van der Waals surface area contributed by atoms with Gasteiger partial charge in [0.25, 0.3) is 5.56 Å². The third-order valence-electron chi connectivity index (χ3n) is 4.04. The molecule has 4 heteroatoms. The summed E-state index contributed by atoms with van der Waals surface area (Å²) in [5.74, 6) is 2.13. The van der Waals surface area contributed by atoms with Gasteiger partial charge < -0.3 is 10.3 Å². The Bertz CT molecular complexity index is 480. The number of aromatic amines is 1. The quantitative estimate of drug-likeness (QED) is 0.775. The molecule has 2 unspecified atom stereocenters. The average Bonchev–Trinajstić information content (AvgIpc) is 2.77. The van der Waals surface area contributed by atoms with Gasteiger partial charge in [-0.2, -0.15) is 0 Å². The second-order valence-electron chi connectivity index (χ2n) is 5.45. The van der Waals surface area contributed by atoms with E-state index in [9.17, 15) is 4.79 Å². The van der Waals surface area contributed by atoms with Crippen molar-refractivity contribution in [3.05, 3.63) is 27.4 Å². The van der Waals surface area contributed by atoms with Crippen LogP contribution in [0.15, 0.2) is 4.79 Å². The lowest BCUT2D eigenvalue weighted by atomic mass is 9.82. The van der Waals surface area contributed by atoms with Crippen molar-refractivity contribution in [1.82, 2.24) is 15.3 Å². The molecule has 1 fully saturated rings. The zero-order valence-corrected chi connectivity index (χ0v) is 10.3. The van der Waals surface area contributed by atoms with Crippen LogP contribution in [0.4, 0.5) is 0 Å². The van der Waals surface area contributed by atoms with Gasteiger partial charge in [0.1, 0.15) is 5.82 Å². The Morgan fingerprint density at radius 3 is 3.00 bits per heavy atom. The van der Waals surface area contributed by atoms with Gasteiger partial charge in [0.15, 0.2) is 0 Å². The highest BCUT2D eigenvalue weighted by Gasteiger charge is 2.24. The van der Waals surface area contributed by atoms with Crippen molar-refractivity contribution in [1.29, 1.82) is 0 Å². The van der Waals surface area contributed by atoms with E-state index in [2.05, 4.69) is 22.2 Å². The fraction of sp³-hybridized carbons (Fsp3) is 0.692. The van der Waals surface area contributed by atoms with Crippen LogP contribution in [0, 0.1) is 5.92 Å². The summed E-state index contributed by atoms with van der Waals surface area (Å²) in [5, 5.41) is 3.18. The summed E-state index contributed by atoms with van der Waals surface area (Å²) in [4.78, 5) is 19.6. The molecule has 0 spiro atoms. The maximum absolute atomic E-state index is 11.9. The minimum absolute atomic E-state index is 0.0632. The van der Waals surface area contributed by atoms with Crippen LogP contribution in [0.3, 0.4) is 0 Å². The SMILES string of the molecule is CC1CCCC(c2nc3c(c(=O)[nH]2)CNC3)C1. The van der Waals surface area contributed by atoms with E-state index >= 15 is 0 Å². The van der Waals surface area contributed by atoms with Crippen LogP contribution in [-0.2, 0) is 13.1 Å². The molecule has 17 heavy (non-hydrogen) atoms. The van der Waals surface area contributed by atoms with E-state index in [0.717, 1.165) is 36.0 Å². The van der Waals surface area contributed by atoms with Gasteiger partial charge in [-0.05, 0) is 18.8 Å². The third kappa shape index (κ3) is 2.02. The summed E-state index contributed by atoms with van der Waals surface area (Å²) in [6, 6.07) is 0. The molecular weight excluding hydrogens is 214 g/mol. The van der Waals surface area contributed by atoms with Crippen molar-refractivity contribution in [3.63, 3.8) is 0 Å². The van der Waals surface area contributed by atoms with Gasteiger partial charge >= 0.3 is 0 Å². The fourth-order valence-corrected chi connectivity index (χ4v) is 3.07. The highest BCUT2D eigenvalue weighted by Crippen LogP contribution is 2.34. The molecule has 3 rings (SSSR count). The van der Waals surface area contributed by atoms with Gasteiger partial charge in [0.05, 0.1) is 11.3 Å². The standard InChI is InChI=1S/C13H19N3O/c1-8-3-2-4-9(5-8)12-15-11-7-14-6-10(11)13(17)16-12/h8-9,14H,2-7H2,1H3,(H,15,16,17). The molecule has 2 atom stereocenters. The van der Waals surface area contributed by atoms with Gasteiger partial charge in [-0.3, -0.25) is 4.79 Å². The Labute approximate surface area is 101 Å². The van der Waals surface area contributed by atoms with Crippen LogP contribution in [0.5, 0.6) is 0 Å². The molecule has 2 heterocycles. The molecule has 1 aromatic rings. The molecule has 0 aromatic carbocycles. The number of rotatable bonds is 1. The monoisotopic (exact) mass is 233 g/mol. The zero-order chi connectivity index (χ0) is 11.8. The second kappa shape index (κ2) is 4.26. The molecule has 0 bridgehead atoms. The van der Waals surface area contributed by atoms with Crippen LogP contribution >= 0.6 is 0 Å². The van der Waals surface area contributed by atoms with Gasteiger partial charge in [-0.1, -0.05) is 19.8 Å². The normalized spacial score (nSPS) is 28.1. The number of fused-ring (bicyclic) bond motifs is 1. The fourth-order valence-electron chi connectivity index (χ4n) is 3.07. The smallest absolute Gasteiger partial charge is 0.255 e. The average molecular weight is 233 g/mol. The van der Waals surface area contributed by atoms with Crippen molar-refractivity contribution >= 4 is 0 Å². The van der Waals surface area contributed by atoms with E-state index < -0.39 is 0 Å². The number of aromatic nitrogens is 2. The number of hydrogen-bond acceptors (Lipinski definition) is 3. The van der Waals surface area contributed by atoms with Crippen molar-refractivity contribution < 1.29 is 0 Å². The van der Waals surface area contributed by atoms with Crippen LogP contribution < -0.4 is 10.9 Å². The minimum atomic E-state index is 0.0632. The van der Waals surface area contributed by atoms with Gasteiger partial charge in [-0.15, -0.1) is 0 Å². The van der Waals surface area contributed by atoms with Gasteiger partial charge in [0.2, 0.25) is 0 Å². The molecule has 2 N–H and O–H groups in total. The second-order valence-corrected chi connectivity index (χ2v) is 5.45. The van der Waals surface area contributed by atoms with E-state index in [4.69, 9.17) is 0 Å². The first-order valence-electron chi connectivity index (χ1n) is 6.56. The van der Waals surface area contributed by atoms with E-state index in [-0.39, 0.29) is 5.56 Å². The molecule has 0 saturated heterocycles. The topological polar surface area (TPSA) is 57.8 Å². The molecule has 1 aliphatic heterocycles. The first-order chi connectivity index (χ1) is 8.24. The lowest BCUT2D eigenvalue weighted by molar-refractivity contribution is 0.334. The van der Waals surface area contributed by atoms with Crippen molar-refractivity contribution in [3.8, 4) is 0 Å². The van der Waals surface area contributed by atoms with Crippen molar-refractivity contribution in [2.75, 3.05) is 0 Å². The van der Waals surface area contributed by atoms with Crippen molar-refractivity contribution in [2.24, 2.45) is 5.92 Å². The number of hydrogen-bond donors (Lipinski definition) is 2. The van der Waals surface area contributed by atoms with E-state index in [1.807, 2.05) is 0 Å².